The highest BCUT2D eigenvalue weighted by atomic mass is 32.2. The Morgan fingerprint density at radius 2 is 1.56 bits per heavy atom. The zero-order chi connectivity index (χ0) is 13.0. The van der Waals surface area contributed by atoms with Crippen LogP contribution in [0.25, 0.3) is 0 Å². The van der Waals surface area contributed by atoms with Crippen molar-refractivity contribution in [1.29, 1.82) is 0 Å². The third kappa shape index (κ3) is 3.66. The zero-order valence-electron chi connectivity index (χ0n) is 10.8. The third-order valence-electron chi connectivity index (χ3n) is 3.93. The Kier molecular flexibility index (Phi) is 5.00. The predicted octanol–water partition coefficient (Wildman–Crippen LogP) is 1.00. The number of hydrogen-bond acceptors (Lipinski definition) is 3. The van der Waals surface area contributed by atoms with Crippen LogP contribution < -0.4 is 4.72 Å². The first kappa shape index (κ1) is 14.2. The second-order valence-electron chi connectivity index (χ2n) is 5.39. The highest BCUT2D eigenvalue weighted by Crippen LogP contribution is 2.20. The lowest BCUT2D eigenvalue weighted by atomic mass is 10.1. The summed E-state index contributed by atoms with van der Waals surface area (Å²) >= 11 is 0. The largest absolute Gasteiger partial charge is 0.391 e. The topological polar surface area (TPSA) is 69.6 Å². The maximum Gasteiger partial charge on any atom is 0.279 e. The molecular formula is C12H24N2O3S. The van der Waals surface area contributed by atoms with Gasteiger partial charge in [0.25, 0.3) is 10.2 Å². The number of hydrogen-bond donors (Lipinski definition) is 2. The fourth-order valence-corrected chi connectivity index (χ4v) is 4.34. The molecular weight excluding hydrogens is 252 g/mol. The summed E-state index contributed by atoms with van der Waals surface area (Å²) < 4.78 is 28.7. The lowest BCUT2D eigenvalue weighted by Crippen LogP contribution is -2.50. The van der Waals surface area contributed by atoms with Crippen molar-refractivity contribution < 1.29 is 13.5 Å². The van der Waals surface area contributed by atoms with Crippen LogP contribution in [0.4, 0.5) is 0 Å². The molecule has 0 aromatic carbocycles. The fourth-order valence-electron chi connectivity index (χ4n) is 2.80. The fraction of sp³-hybridized carbons (Fsp3) is 1.00. The van der Waals surface area contributed by atoms with Gasteiger partial charge >= 0.3 is 0 Å². The molecule has 2 fully saturated rings. The number of nitrogens with zero attached hydrogens (tertiary/aromatic N) is 1. The van der Waals surface area contributed by atoms with Crippen LogP contribution in [0.5, 0.6) is 0 Å². The molecule has 2 unspecified atom stereocenters. The van der Waals surface area contributed by atoms with Crippen molar-refractivity contribution in [2.24, 2.45) is 0 Å². The summed E-state index contributed by atoms with van der Waals surface area (Å²) in [6.45, 7) is 1.22. The highest BCUT2D eigenvalue weighted by Gasteiger charge is 2.30. The third-order valence-corrected chi connectivity index (χ3v) is 5.58. The standard InChI is InChI=1S/C12H24N2O3S/c15-12-8-4-1-3-7-11(12)13-18(16,17)14-9-5-2-6-10-14/h11-13,15H,1-10H2. The molecule has 0 amide bonds. The van der Waals surface area contributed by atoms with Gasteiger partial charge in [-0.15, -0.1) is 0 Å². The summed E-state index contributed by atoms with van der Waals surface area (Å²) in [6.07, 6.45) is 6.96. The molecule has 6 heteroatoms. The Morgan fingerprint density at radius 3 is 2.28 bits per heavy atom. The molecule has 1 aliphatic carbocycles. The molecule has 106 valence electrons. The summed E-state index contributed by atoms with van der Waals surface area (Å²) in [5.74, 6) is 0. The van der Waals surface area contributed by atoms with E-state index in [4.69, 9.17) is 0 Å². The first-order chi connectivity index (χ1) is 8.59. The summed E-state index contributed by atoms with van der Waals surface area (Å²) in [7, 11) is -3.41. The lowest BCUT2D eigenvalue weighted by molar-refractivity contribution is 0.129. The molecule has 0 spiro atoms. The van der Waals surface area contributed by atoms with Crippen LogP contribution in [-0.4, -0.2) is 43.1 Å². The minimum Gasteiger partial charge on any atom is -0.391 e. The normalized spacial score (nSPS) is 32.1. The number of nitrogens with one attached hydrogen (secondary N) is 1. The van der Waals surface area contributed by atoms with Gasteiger partial charge in [-0.3, -0.25) is 0 Å². The summed E-state index contributed by atoms with van der Waals surface area (Å²) in [5, 5.41) is 9.97. The molecule has 0 radical (unpaired) electrons. The Hall–Kier alpha value is -0.170. The highest BCUT2D eigenvalue weighted by molar-refractivity contribution is 7.87. The average Bonchev–Trinajstić information content (AvgIpc) is 2.56. The number of aliphatic hydroxyl groups is 1. The molecule has 0 bridgehead atoms. The minimum absolute atomic E-state index is 0.306. The monoisotopic (exact) mass is 276 g/mol. The molecule has 5 nitrogen and oxygen atoms in total. The van der Waals surface area contributed by atoms with E-state index in [1.807, 2.05) is 0 Å². The quantitative estimate of drug-likeness (QED) is 0.756. The molecule has 2 rings (SSSR count). The molecule has 0 aromatic rings. The Labute approximate surface area is 110 Å². The minimum atomic E-state index is -3.41. The second-order valence-corrected chi connectivity index (χ2v) is 7.10. The van der Waals surface area contributed by atoms with Gasteiger partial charge in [-0.2, -0.15) is 17.4 Å². The molecule has 1 saturated carbocycles. The molecule has 18 heavy (non-hydrogen) atoms. The SMILES string of the molecule is O=S(=O)(NC1CCCCCC1O)N1CCCCC1. The van der Waals surface area contributed by atoms with Crippen molar-refractivity contribution in [1.82, 2.24) is 9.03 Å². The Balaban J connectivity index is 1.97. The average molecular weight is 276 g/mol. The lowest BCUT2D eigenvalue weighted by Gasteiger charge is -2.29. The van der Waals surface area contributed by atoms with Gasteiger partial charge in [-0.25, -0.2) is 0 Å². The maximum atomic E-state index is 12.2. The van der Waals surface area contributed by atoms with Gasteiger partial charge in [-0.05, 0) is 25.7 Å². The van der Waals surface area contributed by atoms with Crippen LogP contribution in [-0.2, 0) is 10.2 Å². The second kappa shape index (κ2) is 6.32. The van der Waals surface area contributed by atoms with Crippen molar-refractivity contribution in [2.45, 2.75) is 63.5 Å². The molecule has 1 heterocycles. The predicted molar refractivity (Wildman–Crippen MR) is 70.4 cm³/mol. The smallest absolute Gasteiger partial charge is 0.279 e. The van der Waals surface area contributed by atoms with Gasteiger partial charge < -0.3 is 5.11 Å². The van der Waals surface area contributed by atoms with Crippen molar-refractivity contribution in [3.05, 3.63) is 0 Å². The van der Waals surface area contributed by atoms with E-state index in [0.29, 0.717) is 19.5 Å². The van der Waals surface area contributed by atoms with Gasteiger partial charge in [0.05, 0.1) is 6.10 Å². The van der Waals surface area contributed by atoms with Crippen molar-refractivity contribution >= 4 is 10.2 Å². The van der Waals surface area contributed by atoms with Crippen LogP contribution in [0.3, 0.4) is 0 Å². The van der Waals surface area contributed by atoms with E-state index in [0.717, 1.165) is 44.9 Å². The molecule has 2 N–H and O–H groups in total. The Morgan fingerprint density at radius 1 is 0.944 bits per heavy atom. The van der Waals surface area contributed by atoms with Crippen LogP contribution in [0, 0.1) is 0 Å². The Bertz CT molecular complexity index is 352. The van der Waals surface area contributed by atoms with Crippen molar-refractivity contribution in [3.63, 3.8) is 0 Å². The van der Waals surface area contributed by atoms with E-state index in [9.17, 15) is 13.5 Å². The van der Waals surface area contributed by atoms with E-state index in [2.05, 4.69) is 4.72 Å². The number of piperidine rings is 1. The molecule has 2 atom stereocenters. The van der Waals surface area contributed by atoms with Gasteiger partial charge in [0.15, 0.2) is 0 Å². The van der Waals surface area contributed by atoms with Crippen LogP contribution >= 0.6 is 0 Å². The van der Waals surface area contributed by atoms with Crippen LogP contribution in [0.1, 0.15) is 51.4 Å². The maximum absolute atomic E-state index is 12.2. The van der Waals surface area contributed by atoms with Gasteiger partial charge in [0, 0.05) is 19.1 Å². The number of aliphatic hydroxyl groups excluding tert-OH is 1. The first-order valence-corrected chi connectivity index (χ1v) is 8.49. The summed E-state index contributed by atoms with van der Waals surface area (Å²) in [4.78, 5) is 0. The molecule has 2 aliphatic rings. The van der Waals surface area contributed by atoms with Crippen molar-refractivity contribution in [3.8, 4) is 0 Å². The van der Waals surface area contributed by atoms with Gasteiger partial charge in [0.1, 0.15) is 0 Å². The summed E-state index contributed by atoms with van der Waals surface area (Å²) in [5.41, 5.74) is 0. The van der Waals surface area contributed by atoms with E-state index in [-0.39, 0.29) is 6.04 Å². The van der Waals surface area contributed by atoms with E-state index in [1.54, 1.807) is 0 Å². The van der Waals surface area contributed by atoms with Crippen LogP contribution in [0.2, 0.25) is 0 Å². The zero-order valence-corrected chi connectivity index (χ0v) is 11.7. The van der Waals surface area contributed by atoms with E-state index in [1.165, 1.54) is 4.31 Å². The molecule has 1 saturated heterocycles. The first-order valence-electron chi connectivity index (χ1n) is 7.05. The van der Waals surface area contributed by atoms with E-state index >= 15 is 0 Å². The van der Waals surface area contributed by atoms with E-state index < -0.39 is 16.3 Å². The summed E-state index contributed by atoms with van der Waals surface area (Å²) in [6, 6.07) is -0.306. The molecule has 0 aromatic heterocycles. The van der Waals surface area contributed by atoms with Gasteiger partial charge in [0.2, 0.25) is 0 Å². The molecule has 1 aliphatic heterocycles. The van der Waals surface area contributed by atoms with Crippen molar-refractivity contribution in [2.75, 3.05) is 13.1 Å². The van der Waals surface area contributed by atoms with Crippen LogP contribution in [0.15, 0.2) is 0 Å². The van der Waals surface area contributed by atoms with Gasteiger partial charge in [-0.1, -0.05) is 25.7 Å². The number of rotatable bonds is 3.